The number of benzene rings is 1. The van der Waals surface area contributed by atoms with Crippen LogP contribution in [0.2, 0.25) is 5.02 Å². The Morgan fingerprint density at radius 1 is 1.14 bits per heavy atom. The molecule has 0 N–H and O–H groups in total. The lowest BCUT2D eigenvalue weighted by atomic mass is 9.75. The summed E-state index contributed by atoms with van der Waals surface area (Å²) in [7, 11) is 0. The molecule has 1 aliphatic carbocycles. The minimum absolute atomic E-state index is 0.0693. The zero-order valence-electron chi connectivity index (χ0n) is 18.4. The number of hydrogen-bond donors (Lipinski definition) is 1. The van der Waals surface area contributed by atoms with Crippen molar-refractivity contribution in [3.63, 3.8) is 0 Å². The molecule has 1 saturated heterocycles. The van der Waals surface area contributed by atoms with Crippen molar-refractivity contribution < 1.29 is 23.1 Å². The van der Waals surface area contributed by atoms with Gasteiger partial charge in [-0.05, 0) is 40.1 Å². The summed E-state index contributed by atoms with van der Waals surface area (Å²) in [6, 6.07) is 13.6. The maximum absolute atomic E-state index is 13.6. The number of ketones is 1. The Morgan fingerprint density at radius 2 is 1.91 bits per heavy atom. The predicted molar refractivity (Wildman–Crippen MR) is 132 cm³/mol. The highest BCUT2D eigenvalue weighted by molar-refractivity contribution is 7.78. The number of Topliss-reactive ketones (excluding diaryl/α,β-unsaturated/α-hetero) is 1. The molecule has 2 fully saturated rings. The van der Waals surface area contributed by atoms with Crippen LogP contribution in [0.15, 0.2) is 59.3 Å². The summed E-state index contributed by atoms with van der Waals surface area (Å²) in [6.07, 6.45) is -0.481. The van der Waals surface area contributed by atoms with Crippen LogP contribution < -0.4 is 4.74 Å². The van der Waals surface area contributed by atoms with E-state index in [9.17, 15) is 18.4 Å². The van der Waals surface area contributed by atoms with Gasteiger partial charge in [0.1, 0.15) is 11.5 Å². The van der Waals surface area contributed by atoms with Gasteiger partial charge in [-0.15, -0.1) is 0 Å². The molecule has 35 heavy (non-hydrogen) atoms. The van der Waals surface area contributed by atoms with Gasteiger partial charge in [-0.25, -0.2) is 13.8 Å². The Balaban J connectivity index is 1.49. The molecule has 2 aromatic heterocycles. The Bertz CT molecular complexity index is 1270. The van der Waals surface area contributed by atoms with E-state index >= 15 is 0 Å². The third-order valence-electron chi connectivity index (χ3n) is 6.57. The summed E-state index contributed by atoms with van der Waals surface area (Å²) in [5.74, 6) is -4.51. The topological polar surface area (TPSA) is 59.5 Å². The first-order valence-corrected chi connectivity index (χ1v) is 12.7. The van der Waals surface area contributed by atoms with E-state index in [4.69, 9.17) is 16.3 Å². The first-order chi connectivity index (χ1) is 16.7. The average molecular weight is 535 g/mol. The first kappa shape index (κ1) is 24.2. The number of piperidine rings is 1. The largest absolute Gasteiger partial charge is 0.477 e. The van der Waals surface area contributed by atoms with E-state index < -0.39 is 23.3 Å². The number of amides is 1. The van der Waals surface area contributed by atoms with Crippen molar-refractivity contribution in [2.75, 3.05) is 6.61 Å². The van der Waals surface area contributed by atoms with Crippen LogP contribution >= 0.6 is 35.8 Å². The molecular weight excluding hydrogens is 514 g/mol. The molecule has 2 aliphatic rings. The van der Waals surface area contributed by atoms with Crippen molar-refractivity contribution in [3.8, 4) is 5.88 Å². The van der Waals surface area contributed by atoms with Gasteiger partial charge in [-0.2, -0.15) is 11.3 Å². The number of nitrogens with zero attached hydrogens (tertiary/aromatic N) is 2. The SMILES string of the molecule is O=C1CC(c2ccsc2)(c2cccc(OCC3CC(F)(F)C3)n2)N(S)C(=O)C1c1ccccc1Cl. The van der Waals surface area contributed by atoms with Crippen LogP contribution in [0.3, 0.4) is 0 Å². The van der Waals surface area contributed by atoms with Crippen molar-refractivity contribution in [1.29, 1.82) is 0 Å². The highest BCUT2D eigenvalue weighted by Gasteiger charge is 2.54. The lowest BCUT2D eigenvalue weighted by molar-refractivity contribution is -0.142. The maximum atomic E-state index is 13.6. The van der Waals surface area contributed by atoms with Gasteiger partial charge < -0.3 is 4.74 Å². The van der Waals surface area contributed by atoms with Crippen LogP contribution in [0.4, 0.5) is 8.78 Å². The molecule has 5 rings (SSSR count). The number of carbonyl (C=O) groups is 2. The summed E-state index contributed by atoms with van der Waals surface area (Å²) >= 11 is 12.4. The van der Waals surface area contributed by atoms with E-state index in [1.807, 2.05) is 16.8 Å². The van der Waals surface area contributed by atoms with Crippen LogP contribution in [-0.4, -0.2) is 33.5 Å². The van der Waals surface area contributed by atoms with E-state index in [0.29, 0.717) is 21.8 Å². The van der Waals surface area contributed by atoms with Crippen molar-refractivity contribution in [3.05, 3.63) is 81.1 Å². The second kappa shape index (κ2) is 9.19. The molecule has 2 atom stereocenters. The number of carbonyl (C=O) groups excluding carboxylic acids is 2. The van der Waals surface area contributed by atoms with Gasteiger partial charge in [-0.3, -0.25) is 13.9 Å². The zero-order chi connectivity index (χ0) is 24.8. The number of alkyl halides is 2. The van der Waals surface area contributed by atoms with Gasteiger partial charge in [-0.1, -0.05) is 48.7 Å². The molecular formula is C25H21ClF2N2O3S2. The quantitative estimate of drug-likeness (QED) is 0.316. The summed E-state index contributed by atoms with van der Waals surface area (Å²) < 4.78 is 33.3. The van der Waals surface area contributed by atoms with E-state index in [1.54, 1.807) is 42.5 Å². The fourth-order valence-electron chi connectivity index (χ4n) is 4.80. The smallest absolute Gasteiger partial charge is 0.248 e. The number of ether oxygens (including phenoxy) is 1. The predicted octanol–water partition coefficient (Wildman–Crippen LogP) is 5.89. The van der Waals surface area contributed by atoms with Crippen LogP contribution in [0.5, 0.6) is 5.88 Å². The van der Waals surface area contributed by atoms with Gasteiger partial charge in [0, 0.05) is 36.3 Å². The van der Waals surface area contributed by atoms with Crippen molar-refractivity contribution in [2.45, 2.75) is 36.6 Å². The molecule has 3 heterocycles. The molecule has 182 valence electrons. The second-order valence-corrected chi connectivity index (χ2v) is 10.5. The summed E-state index contributed by atoms with van der Waals surface area (Å²) in [6.45, 7) is 0.120. The third kappa shape index (κ3) is 4.34. The molecule has 0 spiro atoms. The second-order valence-electron chi connectivity index (χ2n) is 8.92. The van der Waals surface area contributed by atoms with Crippen LogP contribution in [-0.2, 0) is 15.1 Å². The molecule has 0 bridgehead atoms. The van der Waals surface area contributed by atoms with E-state index in [1.165, 1.54) is 15.6 Å². The molecule has 1 aliphatic heterocycles. The molecule has 3 aromatic rings. The Labute approximate surface area is 215 Å². The number of aromatic nitrogens is 1. The fraction of sp³-hybridized carbons (Fsp3) is 0.320. The average Bonchev–Trinajstić information content (AvgIpc) is 3.35. The first-order valence-electron chi connectivity index (χ1n) is 11.0. The van der Waals surface area contributed by atoms with Gasteiger partial charge in [0.15, 0.2) is 5.78 Å². The molecule has 1 saturated carbocycles. The fourth-order valence-corrected chi connectivity index (χ4v) is 6.17. The lowest BCUT2D eigenvalue weighted by Crippen LogP contribution is -2.54. The molecule has 2 unspecified atom stereocenters. The minimum atomic E-state index is -2.63. The normalized spacial score (nSPS) is 24.3. The molecule has 10 heteroatoms. The van der Waals surface area contributed by atoms with E-state index in [0.717, 1.165) is 0 Å². The zero-order valence-corrected chi connectivity index (χ0v) is 20.8. The number of thiophene rings is 1. The van der Waals surface area contributed by atoms with Crippen LogP contribution in [0, 0.1) is 5.92 Å². The maximum Gasteiger partial charge on any atom is 0.248 e. The van der Waals surface area contributed by atoms with Crippen molar-refractivity contribution in [1.82, 2.24) is 9.29 Å². The Morgan fingerprint density at radius 3 is 2.60 bits per heavy atom. The Hall–Kier alpha value is -2.49. The minimum Gasteiger partial charge on any atom is -0.477 e. The lowest BCUT2D eigenvalue weighted by Gasteiger charge is -2.45. The molecule has 1 amide bonds. The van der Waals surface area contributed by atoms with Crippen LogP contribution in [0.25, 0.3) is 0 Å². The van der Waals surface area contributed by atoms with Gasteiger partial charge in [0.25, 0.3) is 0 Å². The van der Waals surface area contributed by atoms with Crippen molar-refractivity contribution >= 4 is 47.4 Å². The summed E-state index contributed by atoms with van der Waals surface area (Å²) in [4.78, 5) is 31.8. The number of rotatable bonds is 6. The van der Waals surface area contributed by atoms with Gasteiger partial charge in [0.05, 0.1) is 12.3 Å². The van der Waals surface area contributed by atoms with Crippen LogP contribution in [0.1, 0.15) is 42.0 Å². The summed E-state index contributed by atoms with van der Waals surface area (Å²) in [5.41, 5.74) is 0.268. The van der Waals surface area contributed by atoms with E-state index in [2.05, 4.69) is 17.8 Å². The standard InChI is InChI=1S/C25H21ClF2N2O3S2/c26-18-5-2-1-4-17(18)22-19(31)12-25(30(34)23(22)32,16-8-9-35-14-16)20-6-3-7-21(29-20)33-13-15-10-24(27,28)11-15/h1-9,14-15,22,34H,10-13H2. The highest BCUT2D eigenvalue weighted by Crippen LogP contribution is 2.48. The molecule has 1 aromatic carbocycles. The van der Waals surface area contributed by atoms with Gasteiger partial charge >= 0.3 is 0 Å². The molecule has 0 radical (unpaired) electrons. The number of pyridine rings is 1. The monoisotopic (exact) mass is 534 g/mol. The van der Waals surface area contributed by atoms with Gasteiger partial charge in [0.2, 0.25) is 17.7 Å². The number of halogens is 3. The third-order valence-corrected chi connectivity index (χ3v) is 8.14. The number of thiol groups is 1. The summed E-state index contributed by atoms with van der Waals surface area (Å²) in [5, 5.41) is 4.04. The Kier molecular flexibility index (Phi) is 6.35. The molecule has 5 nitrogen and oxygen atoms in total. The van der Waals surface area contributed by atoms with Crippen molar-refractivity contribution in [2.24, 2.45) is 5.92 Å². The highest BCUT2D eigenvalue weighted by atomic mass is 35.5. The van der Waals surface area contributed by atoms with E-state index in [-0.39, 0.29) is 43.5 Å². The number of hydrogen-bond acceptors (Lipinski definition) is 6.